The van der Waals surface area contributed by atoms with Crippen molar-refractivity contribution in [2.24, 2.45) is 5.73 Å². The van der Waals surface area contributed by atoms with Crippen molar-refractivity contribution in [1.29, 1.82) is 0 Å². The van der Waals surface area contributed by atoms with Crippen LogP contribution in [0.3, 0.4) is 0 Å². The summed E-state index contributed by atoms with van der Waals surface area (Å²) in [5.41, 5.74) is 8.48. The Hall–Kier alpha value is -1.45. The second kappa shape index (κ2) is 6.82. The number of nitrogens with two attached hydrogens (primary N) is 1. The van der Waals surface area contributed by atoms with Crippen LogP contribution in [0.25, 0.3) is 0 Å². The van der Waals surface area contributed by atoms with Gasteiger partial charge in [-0.2, -0.15) is 0 Å². The van der Waals surface area contributed by atoms with Crippen molar-refractivity contribution in [3.8, 4) is 0 Å². The molecule has 0 aliphatic carbocycles. The molecule has 106 valence electrons. The van der Waals surface area contributed by atoms with Gasteiger partial charge in [-0.3, -0.25) is 4.21 Å². The molecule has 0 spiro atoms. The van der Waals surface area contributed by atoms with E-state index in [0.29, 0.717) is 0 Å². The third kappa shape index (κ3) is 3.35. The van der Waals surface area contributed by atoms with Crippen LogP contribution in [0.1, 0.15) is 36.3 Å². The fourth-order valence-electron chi connectivity index (χ4n) is 2.27. The zero-order valence-corrected chi connectivity index (χ0v) is 12.7. The molecular weight excluding hydrogens is 266 g/mol. The van der Waals surface area contributed by atoms with Gasteiger partial charge in [0.15, 0.2) is 0 Å². The largest absolute Gasteiger partial charge is 0.323 e. The Kier molecular flexibility index (Phi) is 5.10. The fourth-order valence-corrected chi connectivity index (χ4v) is 3.73. The average molecular weight is 287 g/mol. The molecule has 0 heterocycles. The minimum Gasteiger partial charge on any atom is -0.323 e. The molecule has 2 aromatic carbocycles. The number of hydrogen-bond donors (Lipinski definition) is 1. The molecule has 3 heteroatoms. The molecule has 0 fully saturated rings. The molecule has 0 bridgehead atoms. The fraction of sp³-hybridized carbons (Fsp3) is 0.294. The third-order valence-corrected chi connectivity index (χ3v) is 5.35. The second-order valence-corrected chi connectivity index (χ2v) is 7.25. The van der Waals surface area contributed by atoms with Gasteiger partial charge in [0.25, 0.3) is 0 Å². The van der Waals surface area contributed by atoms with Gasteiger partial charge >= 0.3 is 0 Å². The highest BCUT2D eigenvalue weighted by atomic mass is 32.2. The molecule has 0 saturated heterocycles. The summed E-state index contributed by atoms with van der Waals surface area (Å²) in [6, 6.07) is 19.6. The van der Waals surface area contributed by atoms with Crippen molar-refractivity contribution >= 4 is 10.8 Å². The van der Waals surface area contributed by atoms with Crippen LogP contribution in [0.4, 0.5) is 0 Å². The van der Waals surface area contributed by atoms with Crippen LogP contribution < -0.4 is 5.73 Å². The molecule has 0 saturated carbocycles. The van der Waals surface area contributed by atoms with Gasteiger partial charge in [-0.1, -0.05) is 74.5 Å². The molecule has 0 amide bonds. The molecule has 3 atom stereocenters. The standard InChI is InChI=1S/C17H21NOS/c1-13(2)20(19)17(15-11-7-4-8-12-15)16(18)14-9-5-3-6-10-14/h3-13,16-17H,18H2,1-2H3. The van der Waals surface area contributed by atoms with E-state index in [2.05, 4.69) is 0 Å². The van der Waals surface area contributed by atoms with Crippen molar-refractivity contribution < 1.29 is 4.21 Å². The van der Waals surface area contributed by atoms with Gasteiger partial charge in [0, 0.05) is 22.1 Å². The molecule has 0 aliphatic rings. The van der Waals surface area contributed by atoms with Crippen LogP contribution >= 0.6 is 0 Å². The van der Waals surface area contributed by atoms with Gasteiger partial charge in [-0.25, -0.2) is 0 Å². The highest BCUT2D eigenvalue weighted by Gasteiger charge is 2.28. The zero-order valence-electron chi connectivity index (χ0n) is 11.9. The topological polar surface area (TPSA) is 43.1 Å². The summed E-state index contributed by atoms with van der Waals surface area (Å²) in [7, 11) is -1.02. The summed E-state index contributed by atoms with van der Waals surface area (Å²) in [6.07, 6.45) is 0. The maximum absolute atomic E-state index is 12.7. The number of benzene rings is 2. The van der Waals surface area contributed by atoms with Crippen molar-refractivity contribution in [3.63, 3.8) is 0 Å². The Morgan fingerprint density at radius 1 is 0.850 bits per heavy atom. The summed E-state index contributed by atoms with van der Waals surface area (Å²) in [5, 5.41) is -0.103. The van der Waals surface area contributed by atoms with Gasteiger partial charge in [0.05, 0.1) is 5.25 Å². The van der Waals surface area contributed by atoms with E-state index in [1.807, 2.05) is 74.5 Å². The van der Waals surface area contributed by atoms with Crippen LogP contribution in [-0.2, 0) is 10.8 Å². The molecular formula is C17H21NOS. The molecule has 0 radical (unpaired) electrons. The van der Waals surface area contributed by atoms with E-state index in [1.165, 1.54) is 0 Å². The first-order chi connectivity index (χ1) is 9.61. The lowest BCUT2D eigenvalue weighted by atomic mass is 9.99. The van der Waals surface area contributed by atoms with Crippen LogP contribution in [0.2, 0.25) is 0 Å². The van der Waals surface area contributed by atoms with Gasteiger partial charge < -0.3 is 5.73 Å². The highest BCUT2D eigenvalue weighted by molar-refractivity contribution is 7.85. The van der Waals surface area contributed by atoms with Gasteiger partial charge in [-0.05, 0) is 11.1 Å². The summed E-state index contributed by atoms with van der Waals surface area (Å²) in [5.74, 6) is 0. The van der Waals surface area contributed by atoms with E-state index < -0.39 is 10.8 Å². The third-order valence-electron chi connectivity index (χ3n) is 3.35. The van der Waals surface area contributed by atoms with E-state index in [4.69, 9.17) is 5.73 Å². The smallest absolute Gasteiger partial charge is 0.0792 e. The van der Waals surface area contributed by atoms with Gasteiger partial charge in [0.2, 0.25) is 0 Å². The Morgan fingerprint density at radius 3 is 1.75 bits per heavy atom. The first-order valence-corrected chi connectivity index (χ1v) is 8.13. The lowest BCUT2D eigenvalue weighted by Gasteiger charge is -2.26. The van der Waals surface area contributed by atoms with E-state index >= 15 is 0 Å². The molecule has 2 N–H and O–H groups in total. The highest BCUT2D eigenvalue weighted by Crippen LogP contribution is 2.33. The van der Waals surface area contributed by atoms with Crippen molar-refractivity contribution in [2.75, 3.05) is 0 Å². The summed E-state index contributed by atoms with van der Waals surface area (Å²) >= 11 is 0. The molecule has 2 aromatic rings. The summed E-state index contributed by atoms with van der Waals surface area (Å²) in [4.78, 5) is 0. The minimum absolute atomic E-state index is 0.0787. The van der Waals surface area contributed by atoms with Crippen LogP contribution in [0.5, 0.6) is 0 Å². The normalized spacial score (nSPS) is 15.8. The van der Waals surface area contributed by atoms with Crippen molar-refractivity contribution in [3.05, 3.63) is 71.8 Å². The number of rotatable bonds is 5. The van der Waals surface area contributed by atoms with E-state index in [9.17, 15) is 4.21 Å². The van der Waals surface area contributed by atoms with Crippen molar-refractivity contribution in [2.45, 2.75) is 30.4 Å². The molecule has 3 unspecified atom stereocenters. The first-order valence-electron chi connectivity index (χ1n) is 6.86. The quantitative estimate of drug-likeness (QED) is 0.913. The summed E-state index contributed by atoms with van der Waals surface area (Å²) in [6.45, 7) is 3.95. The molecule has 0 aromatic heterocycles. The lowest BCUT2D eigenvalue weighted by Crippen LogP contribution is -2.27. The molecule has 0 aliphatic heterocycles. The van der Waals surface area contributed by atoms with Crippen LogP contribution in [0.15, 0.2) is 60.7 Å². The van der Waals surface area contributed by atoms with Gasteiger partial charge in [0.1, 0.15) is 0 Å². The monoisotopic (exact) mass is 287 g/mol. The van der Waals surface area contributed by atoms with E-state index in [1.54, 1.807) is 0 Å². The van der Waals surface area contributed by atoms with Crippen LogP contribution in [0, 0.1) is 0 Å². The first kappa shape index (κ1) is 14.9. The Labute approximate surface area is 123 Å². The van der Waals surface area contributed by atoms with E-state index in [-0.39, 0.29) is 16.5 Å². The average Bonchev–Trinajstić information content (AvgIpc) is 2.49. The maximum Gasteiger partial charge on any atom is 0.0792 e. The Morgan fingerprint density at radius 2 is 1.30 bits per heavy atom. The Balaban J connectivity index is 2.40. The second-order valence-electron chi connectivity index (χ2n) is 5.15. The maximum atomic E-state index is 12.7. The molecule has 2 rings (SSSR count). The van der Waals surface area contributed by atoms with Crippen molar-refractivity contribution in [1.82, 2.24) is 0 Å². The van der Waals surface area contributed by atoms with Gasteiger partial charge in [-0.15, -0.1) is 0 Å². The predicted octanol–water partition coefficient (Wildman–Crippen LogP) is 3.58. The SMILES string of the molecule is CC(C)S(=O)C(c1ccccc1)C(N)c1ccccc1. The number of hydrogen-bond acceptors (Lipinski definition) is 2. The lowest BCUT2D eigenvalue weighted by molar-refractivity contribution is 0.631. The minimum atomic E-state index is -1.02. The molecule has 2 nitrogen and oxygen atoms in total. The molecule has 20 heavy (non-hydrogen) atoms. The zero-order chi connectivity index (χ0) is 14.5. The van der Waals surface area contributed by atoms with Crippen LogP contribution in [-0.4, -0.2) is 9.46 Å². The predicted molar refractivity (Wildman–Crippen MR) is 85.8 cm³/mol. The Bertz CT molecular complexity index is 554. The van der Waals surface area contributed by atoms with E-state index in [0.717, 1.165) is 11.1 Å². The summed E-state index contributed by atoms with van der Waals surface area (Å²) < 4.78 is 12.7.